The van der Waals surface area contributed by atoms with Crippen molar-refractivity contribution in [1.29, 1.82) is 0 Å². The number of rotatable bonds is 10. The lowest BCUT2D eigenvalue weighted by Gasteiger charge is -2.16. The molecule has 3 N–H and O–H groups in total. The number of nitrogens with one attached hydrogen (secondary N) is 2. The molecule has 1 aromatic rings. The molecule has 0 radical (unpaired) electrons. The Labute approximate surface area is 142 Å². The van der Waals surface area contributed by atoms with Crippen LogP contribution in [0.1, 0.15) is 24.2 Å². The first kappa shape index (κ1) is 19.7. The van der Waals surface area contributed by atoms with Crippen LogP contribution in [0.4, 0.5) is 0 Å². The highest BCUT2D eigenvalue weighted by molar-refractivity contribution is 6.32. The summed E-state index contributed by atoms with van der Waals surface area (Å²) in [5, 5.41) is 16.0. The lowest BCUT2D eigenvalue weighted by Crippen LogP contribution is -2.35. The summed E-state index contributed by atoms with van der Waals surface area (Å²) in [5.74, 6) is 0.209. The number of benzene rings is 1. The molecule has 0 saturated carbocycles. The molecule has 0 fully saturated rings. The first-order valence-electron chi connectivity index (χ1n) is 7.55. The van der Waals surface area contributed by atoms with Crippen LogP contribution in [0, 0.1) is 0 Å². The highest BCUT2D eigenvalue weighted by Gasteiger charge is 2.11. The molecule has 1 unspecified atom stereocenters. The molecule has 0 saturated heterocycles. The molecule has 6 nitrogen and oxygen atoms in total. The molecule has 0 aliphatic carbocycles. The van der Waals surface area contributed by atoms with E-state index in [2.05, 4.69) is 10.6 Å². The summed E-state index contributed by atoms with van der Waals surface area (Å²) in [6, 6.07) is 5.08. The first-order chi connectivity index (χ1) is 10.9. The molecule has 0 aromatic heterocycles. The molecule has 1 rings (SSSR count). The predicted molar refractivity (Wildman–Crippen MR) is 90.3 cm³/mol. The van der Waals surface area contributed by atoms with Gasteiger partial charge in [0.05, 0.1) is 11.6 Å². The number of aliphatic hydroxyl groups is 1. The molecule has 0 spiro atoms. The van der Waals surface area contributed by atoms with E-state index in [9.17, 15) is 9.90 Å². The monoisotopic (exact) mass is 344 g/mol. The third-order valence-electron chi connectivity index (χ3n) is 2.98. The van der Waals surface area contributed by atoms with Gasteiger partial charge in [-0.15, -0.1) is 0 Å². The zero-order chi connectivity index (χ0) is 17.2. The Hall–Kier alpha value is -1.34. The molecule has 0 heterocycles. The van der Waals surface area contributed by atoms with Gasteiger partial charge in [-0.1, -0.05) is 25.4 Å². The average Bonchev–Trinajstić information content (AvgIpc) is 2.51. The number of halogens is 1. The molecule has 23 heavy (non-hydrogen) atoms. The number of amides is 1. The number of carbonyl (C=O) groups excluding carboxylic acids is 1. The number of hydrogen-bond acceptors (Lipinski definition) is 5. The number of aliphatic hydroxyl groups excluding tert-OH is 1. The first-order valence-corrected chi connectivity index (χ1v) is 7.92. The molecule has 0 aliphatic heterocycles. The van der Waals surface area contributed by atoms with Crippen molar-refractivity contribution >= 4 is 17.5 Å². The van der Waals surface area contributed by atoms with E-state index in [1.165, 1.54) is 6.07 Å². The fraction of sp³-hybridized carbons (Fsp3) is 0.562. The Morgan fingerprint density at radius 1 is 1.39 bits per heavy atom. The quantitative estimate of drug-likeness (QED) is 0.560. The Morgan fingerprint density at radius 2 is 2.13 bits per heavy atom. The van der Waals surface area contributed by atoms with Crippen LogP contribution in [-0.4, -0.2) is 56.6 Å². The van der Waals surface area contributed by atoms with Crippen LogP contribution in [0.2, 0.25) is 5.02 Å². The van der Waals surface area contributed by atoms with Gasteiger partial charge in [-0.2, -0.15) is 0 Å². The lowest BCUT2D eigenvalue weighted by atomic mass is 10.2. The van der Waals surface area contributed by atoms with Crippen molar-refractivity contribution in [2.45, 2.75) is 26.0 Å². The second-order valence-electron chi connectivity index (χ2n) is 5.42. The summed E-state index contributed by atoms with van der Waals surface area (Å²) in [4.78, 5) is 11.9. The lowest BCUT2D eigenvalue weighted by molar-refractivity contribution is 0.0936. The van der Waals surface area contributed by atoms with E-state index >= 15 is 0 Å². The van der Waals surface area contributed by atoms with Crippen molar-refractivity contribution in [2.24, 2.45) is 0 Å². The second kappa shape index (κ2) is 10.4. The summed E-state index contributed by atoms with van der Waals surface area (Å²) in [5.41, 5.74) is 0.445. The molecular formula is C16H25ClN2O4. The molecule has 130 valence electrons. The minimum Gasteiger partial charge on any atom is -0.489 e. The zero-order valence-electron chi connectivity index (χ0n) is 13.8. The minimum absolute atomic E-state index is 0.124. The smallest absolute Gasteiger partial charge is 0.251 e. The van der Waals surface area contributed by atoms with E-state index in [0.29, 0.717) is 42.1 Å². The predicted octanol–water partition coefficient (Wildman–Crippen LogP) is 1.45. The molecule has 1 atom stereocenters. The topological polar surface area (TPSA) is 79.8 Å². The largest absolute Gasteiger partial charge is 0.489 e. The van der Waals surface area contributed by atoms with E-state index in [1.54, 1.807) is 19.2 Å². The maximum absolute atomic E-state index is 11.9. The average molecular weight is 345 g/mol. The van der Waals surface area contributed by atoms with Crippen LogP contribution < -0.4 is 15.4 Å². The zero-order valence-corrected chi connectivity index (χ0v) is 14.5. The van der Waals surface area contributed by atoms with E-state index in [4.69, 9.17) is 21.1 Å². The van der Waals surface area contributed by atoms with Crippen molar-refractivity contribution < 1.29 is 19.4 Å². The van der Waals surface area contributed by atoms with E-state index in [1.807, 2.05) is 13.8 Å². The van der Waals surface area contributed by atoms with Crippen LogP contribution in [0.5, 0.6) is 5.75 Å². The Bertz CT molecular complexity index is 497. The fourth-order valence-corrected chi connectivity index (χ4v) is 1.98. The van der Waals surface area contributed by atoms with Gasteiger partial charge in [0.25, 0.3) is 5.91 Å². The molecular weight excluding hydrogens is 320 g/mol. The summed E-state index contributed by atoms with van der Waals surface area (Å²) in [6.07, 6.45) is -0.634. The normalized spacial score (nSPS) is 12.3. The molecule has 7 heteroatoms. The van der Waals surface area contributed by atoms with Gasteiger partial charge >= 0.3 is 0 Å². The van der Waals surface area contributed by atoms with E-state index in [0.717, 1.165) is 0 Å². The van der Waals surface area contributed by atoms with Crippen molar-refractivity contribution in [3.05, 3.63) is 28.8 Å². The fourth-order valence-electron chi connectivity index (χ4n) is 1.74. The van der Waals surface area contributed by atoms with Crippen LogP contribution >= 0.6 is 11.6 Å². The molecule has 1 amide bonds. The summed E-state index contributed by atoms with van der Waals surface area (Å²) in [6.45, 7) is 5.44. The number of methoxy groups -OCH3 is 1. The number of ether oxygens (including phenoxy) is 2. The Morgan fingerprint density at radius 3 is 2.74 bits per heavy atom. The SMILES string of the molecule is COCCNC(=O)c1ccc(OCC(O)CNC(C)C)c(Cl)c1. The maximum atomic E-state index is 11.9. The Balaban J connectivity index is 2.51. The van der Waals surface area contributed by atoms with Crippen molar-refractivity contribution in [2.75, 3.05) is 33.4 Å². The Kier molecular flexibility index (Phi) is 8.94. The van der Waals surface area contributed by atoms with Gasteiger partial charge < -0.3 is 25.2 Å². The van der Waals surface area contributed by atoms with Crippen LogP contribution in [0.15, 0.2) is 18.2 Å². The van der Waals surface area contributed by atoms with E-state index in [-0.39, 0.29) is 12.5 Å². The van der Waals surface area contributed by atoms with Gasteiger partial charge in [-0.25, -0.2) is 0 Å². The van der Waals surface area contributed by atoms with Crippen LogP contribution in [-0.2, 0) is 4.74 Å². The summed E-state index contributed by atoms with van der Waals surface area (Å²) in [7, 11) is 1.57. The van der Waals surface area contributed by atoms with Gasteiger partial charge in [-0.3, -0.25) is 4.79 Å². The summed E-state index contributed by atoms with van der Waals surface area (Å²) < 4.78 is 10.4. The molecule has 0 bridgehead atoms. The van der Waals surface area contributed by atoms with Gasteiger partial charge in [0, 0.05) is 31.8 Å². The second-order valence-corrected chi connectivity index (χ2v) is 5.83. The maximum Gasteiger partial charge on any atom is 0.251 e. The van der Waals surface area contributed by atoms with Crippen molar-refractivity contribution in [3.63, 3.8) is 0 Å². The third-order valence-corrected chi connectivity index (χ3v) is 3.27. The molecule has 1 aromatic carbocycles. The molecule has 0 aliphatic rings. The highest BCUT2D eigenvalue weighted by atomic mass is 35.5. The van der Waals surface area contributed by atoms with Crippen molar-refractivity contribution in [1.82, 2.24) is 10.6 Å². The van der Waals surface area contributed by atoms with Gasteiger partial charge in [0.1, 0.15) is 18.5 Å². The number of carbonyl (C=O) groups is 1. The van der Waals surface area contributed by atoms with Crippen LogP contribution in [0.3, 0.4) is 0 Å². The highest BCUT2D eigenvalue weighted by Crippen LogP contribution is 2.25. The van der Waals surface area contributed by atoms with E-state index < -0.39 is 6.10 Å². The van der Waals surface area contributed by atoms with Gasteiger partial charge in [0.15, 0.2) is 0 Å². The third kappa shape index (κ3) is 7.65. The minimum atomic E-state index is -0.634. The number of hydrogen-bond donors (Lipinski definition) is 3. The standard InChI is InChI=1S/C16H25ClN2O4/c1-11(2)19-9-13(20)10-23-15-5-4-12(8-14(15)17)16(21)18-6-7-22-3/h4-5,8,11,13,19-20H,6-7,9-10H2,1-3H3,(H,18,21). The summed E-state index contributed by atoms with van der Waals surface area (Å²) >= 11 is 6.12. The van der Waals surface area contributed by atoms with Crippen molar-refractivity contribution in [3.8, 4) is 5.75 Å². The van der Waals surface area contributed by atoms with Crippen LogP contribution in [0.25, 0.3) is 0 Å². The van der Waals surface area contributed by atoms with Gasteiger partial charge in [0.2, 0.25) is 0 Å². The van der Waals surface area contributed by atoms with Gasteiger partial charge in [-0.05, 0) is 18.2 Å².